The minimum Gasteiger partial charge on any atom is -0.462 e. The van der Waals surface area contributed by atoms with E-state index in [0.717, 1.165) is 31.6 Å². The minimum atomic E-state index is -0.307. The van der Waals surface area contributed by atoms with E-state index in [2.05, 4.69) is 6.58 Å². The molecule has 0 aliphatic carbocycles. The summed E-state index contributed by atoms with van der Waals surface area (Å²) in [7, 11) is 0. The van der Waals surface area contributed by atoms with Gasteiger partial charge in [-0.05, 0) is 37.9 Å². The highest BCUT2D eigenvalue weighted by atomic mass is 32.2. The Morgan fingerprint density at radius 2 is 2.33 bits per heavy atom. The third-order valence-corrected chi connectivity index (χ3v) is 3.50. The molecule has 0 aromatic rings. The fourth-order valence-corrected chi connectivity index (χ4v) is 2.26. The number of hydrogen-bond donors (Lipinski definition) is 0. The first-order valence-electron chi connectivity index (χ1n) is 6.39. The smallest absolute Gasteiger partial charge is 0.333 e. The molecule has 1 unspecified atom stereocenters. The third kappa shape index (κ3) is 7.03. The van der Waals surface area contributed by atoms with Crippen molar-refractivity contribution >= 4 is 17.7 Å². The number of carbonyl (C=O) groups excluding carboxylic acids is 1. The molecule has 4 nitrogen and oxygen atoms in total. The van der Waals surface area contributed by atoms with Crippen molar-refractivity contribution in [2.45, 2.75) is 38.9 Å². The van der Waals surface area contributed by atoms with Crippen LogP contribution in [0.15, 0.2) is 12.2 Å². The summed E-state index contributed by atoms with van der Waals surface area (Å²) >= 11 is 1.21. The van der Waals surface area contributed by atoms with Crippen LogP contribution in [0.5, 0.6) is 0 Å². The number of hydrogen-bond acceptors (Lipinski definition) is 4. The van der Waals surface area contributed by atoms with Crippen molar-refractivity contribution in [3.05, 3.63) is 12.2 Å². The van der Waals surface area contributed by atoms with Crippen LogP contribution in [0.3, 0.4) is 0 Å². The van der Waals surface area contributed by atoms with Crippen molar-refractivity contribution in [2.24, 2.45) is 0 Å². The summed E-state index contributed by atoms with van der Waals surface area (Å²) in [6.07, 6.45) is 4.19. The van der Waals surface area contributed by atoms with Crippen molar-refractivity contribution in [3.8, 4) is 0 Å². The molecule has 1 aliphatic heterocycles. The Morgan fingerprint density at radius 3 is 3.00 bits per heavy atom. The molecule has 1 rings (SSSR count). The average molecular weight is 275 g/mol. The van der Waals surface area contributed by atoms with Crippen molar-refractivity contribution < 1.29 is 19.0 Å². The summed E-state index contributed by atoms with van der Waals surface area (Å²) in [5.41, 5.74) is 0.449. The highest BCUT2D eigenvalue weighted by Gasteiger charge is 2.15. The fourth-order valence-electron chi connectivity index (χ4n) is 1.51. The third-order valence-electron chi connectivity index (χ3n) is 2.53. The lowest BCUT2D eigenvalue weighted by atomic mass is 10.2. The van der Waals surface area contributed by atoms with Crippen molar-refractivity contribution in [3.63, 3.8) is 0 Å². The first kappa shape index (κ1) is 15.5. The Hall–Kier alpha value is -0.520. The minimum absolute atomic E-state index is 0.00695. The number of esters is 1. The number of ether oxygens (including phenoxy) is 3. The van der Waals surface area contributed by atoms with E-state index < -0.39 is 0 Å². The normalized spacial score (nSPS) is 19.5. The monoisotopic (exact) mass is 275 g/mol. The van der Waals surface area contributed by atoms with Crippen LogP contribution in [-0.2, 0) is 30.8 Å². The molecule has 18 heavy (non-hydrogen) atoms. The molecular weight excluding hydrogens is 252 g/mol. The highest BCUT2D eigenvalue weighted by Crippen LogP contribution is 2.13. The zero-order chi connectivity index (χ0) is 13.2. The molecule has 0 spiro atoms. The van der Waals surface area contributed by atoms with E-state index in [1.807, 2.05) is 0 Å². The zero-order valence-corrected chi connectivity index (χ0v) is 11.9. The van der Waals surface area contributed by atoms with Gasteiger partial charge in [0.2, 0.25) is 5.94 Å². The molecular formula is C13H23O4S+. The molecule has 0 aromatic heterocycles. The lowest BCUT2D eigenvalue weighted by Gasteiger charge is -2.20. The van der Waals surface area contributed by atoms with Gasteiger partial charge in [-0.3, -0.25) is 0 Å². The second-order valence-electron chi connectivity index (χ2n) is 4.31. The van der Waals surface area contributed by atoms with Crippen molar-refractivity contribution in [1.29, 1.82) is 0 Å². The fraction of sp³-hybridized carbons (Fsp3) is 0.769. The molecule has 0 radical (unpaired) electrons. The number of rotatable bonds is 8. The van der Waals surface area contributed by atoms with Gasteiger partial charge in [-0.2, -0.15) is 0 Å². The molecule has 0 N–H and O–H groups in total. The van der Waals surface area contributed by atoms with Crippen LogP contribution >= 0.6 is 0 Å². The van der Waals surface area contributed by atoms with E-state index in [1.54, 1.807) is 6.92 Å². The largest absolute Gasteiger partial charge is 0.462 e. The van der Waals surface area contributed by atoms with E-state index in [0.29, 0.717) is 18.1 Å². The predicted molar refractivity (Wildman–Crippen MR) is 73.6 cm³/mol. The van der Waals surface area contributed by atoms with Gasteiger partial charge in [0.05, 0.1) is 6.61 Å². The van der Waals surface area contributed by atoms with Crippen LogP contribution in [0, 0.1) is 0 Å². The molecule has 104 valence electrons. The lowest BCUT2D eigenvalue weighted by molar-refractivity contribution is -0.149. The quantitative estimate of drug-likeness (QED) is 0.223. The number of carbonyl (C=O) groups is 1. The summed E-state index contributed by atoms with van der Waals surface area (Å²) in [6, 6.07) is 0. The van der Waals surface area contributed by atoms with Gasteiger partial charge in [0.1, 0.15) is 5.75 Å². The second kappa shape index (κ2) is 9.42. The van der Waals surface area contributed by atoms with Crippen LogP contribution in [-0.4, -0.2) is 37.2 Å². The first-order valence-corrected chi connectivity index (χ1v) is 7.65. The summed E-state index contributed by atoms with van der Waals surface area (Å²) in [6.45, 7) is 6.45. The first-order chi connectivity index (χ1) is 8.70. The van der Waals surface area contributed by atoms with Gasteiger partial charge in [-0.25, -0.2) is 4.79 Å². The van der Waals surface area contributed by atoms with Gasteiger partial charge in [-0.15, -0.1) is 0 Å². The lowest BCUT2D eigenvalue weighted by Crippen LogP contribution is -2.23. The molecule has 1 heterocycles. The molecule has 1 fully saturated rings. The highest BCUT2D eigenvalue weighted by molar-refractivity contribution is 7.78. The molecule has 1 atom stereocenters. The Balaban J connectivity index is 1.86. The van der Waals surface area contributed by atoms with Gasteiger partial charge >= 0.3 is 5.97 Å². The van der Waals surface area contributed by atoms with Crippen LogP contribution in [0.25, 0.3) is 0 Å². The SMILES string of the molecule is C=C(C)C(=O)OCCC[SH+]COC1CCCCO1. The second-order valence-corrected chi connectivity index (χ2v) is 5.46. The van der Waals surface area contributed by atoms with Crippen molar-refractivity contribution in [2.75, 3.05) is 24.9 Å². The standard InChI is InChI=1S/C13H22O4S/c1-11(2)13(14)16-8-5-9-18-10-17-12-6-3-4-7-15-12/h12H,1,3-10H2,2H3/p+1. The summed E-state index contributed by atoms with van der Waals surface area (Å²) in [5.74, 6) is 1.36. The topological polar surface area (TPSA) is 44.8 Å². The van der Waals surface area contributed by atoms with E-state index in [4.69, 9.17) is 14.2 Å². The Bertz CT molecular complexity index is 262. The number of thiol groups is 1. The maximum Gasteiger partial charge on any atom is 0.333 e. The molecule has 1 aliphatic rings. The summed E-state index contributed by atoms with van der Waals surface area (Å²) in [4.78, 5) is 11.1. The molecule has 0 saturated carbocycles. The molecule has 0 bridgehead atoms. The summed E-state index contributed by atoms with van der Waals surface area (Å²) < 4.78 is 16.0. The Labute approximate surface area is 113 Å². The van der Waals surface area contributed by atoms with Crippen LogP contribution in [0.1, 0.15) is 32.6 Å². The Kier molecular flexibility index (Phi) is 8.13. The summed E-state index contributed by atoms with van der Waals surface area (Å²) in [5, 5.41) is 0. The zero-order valence-electron chi connectivity index (χ0n) is 11.0. The van der Waals surface area contributed by atoms with Gasteiger partial charge in [-0.1, -0.05) is 6.58 Å². The van der Waals surface area contributed by atoms with E-state index in [1.165, 1.54) is 18.2 Å². The van der Waals surface area contributed by atoms with Gasteiger partial charge < -0.3 is 14.2 Å². The van der Waals surface area contributed by atoms with Gasteiger partial charge in [0.25, 0.3) is 0 Å². The molecule has 5 heteroatoms. The predicted octanol–water partition coefficient (Wildman–Crippen LogP) is 1.81. The molecule has 0 amide bonds. The van der Waals surface area contributed by atoms with E-state index >= 15 is 0 Å². The van der Waals surface area contributed by atoms with Crippen LogP contribution in [0.2, 0.25) is 0 Å². The van der Waals surface area contributed by atoms with E-state index in [9.17, 15) is 4.79 Å². The van der Waals surface area contributed by atoms with Gasteiger partial charge in [0.15, 0.2) is 6.29 Å². The molecule has 0 aromatic carbocycles. The van der Waals surface area contributed by atoms with Crippen molar-refractivity contribution in [1.82, 2.24) is 0 Å². The Morgan fingerprint density at radius 1 is 1.50 bits per heavy atom. The van der Waals surface area contributed by atoms with Gasteiger partial charge in [0, 0.05) is 18.6 Å². The average Bonchev–Trinajstić information content (AvgIpc) is 2.38. The maximum atomic E-state index is 11.1. The maximum absolute atomic E-state index is 11.1. The van der Waals surface area contributed by atoms with Crippen LogP contribution < -0.4 is 0 Å². The van der Waals surface area contributed by atoms with Crippen LogP contribution in [0.4, 0.5) is 0 Å². The van der Waals surface area contributed by atoms with E-state index in [-0.39, 0.29) is 12.3 Å². The molecule has 1 saturated heterocycles.